The van der Waals surface area contributed by atoms with Gasteiger partial charge in [-0.3, -0.25) is 4.79 Å². The van der Waals surface area contributed by atoms with Gasteiger partial charge in [-0.25, -0.2) is 0 Å². The van der Waals surface area contributed by atoms with Crippen molar-refractivity contribution < 1.29 is 9.53 Å². The van der Waals surface area contributed by atoms with Crippen molar-refractivity contribution in [2.75, 3.05) is 0 Å². The van der Waals surface area contributed by atoms with E-state index in [4.69, 9.17) is 16.3 Å². The van der Waals surface area contributed by atoms with Crippen LogP contribution in [0.4, 0.5) is 0 Å². The number of ketones is 1. The monoisotopic (exact) mass is 334 g/mol. The third-order valence-electron chi connectivity index (χ3n) is 4.35. The first-order chi connectivity index (χ1) is 11.7. The van der Waals surface area contributed by atoms with E-state index in [2.05, 4.69) is 12.1 Å². The van der Waals surface area contributed by atoms with Gasteiger partial charge in [-0.1, -0.05) is 54.1 Å². The lowest BCUT2D eigenvalue weighted by atomic mass is 9.93. The van der Waals surface area contributed by atoms with Gasteiger partial charge in [-0.15, -0.1) is 0 Å². The van der Waals surface area contributed by atoms with Gasteiger partial charge in [0, 0.05) is 17.4 Å². The van der Waals surface area contributed by atoms with E-state index in [1.54, 1.807) is 24.3 Å². The maximum atomic E-state index is 12.6. The summed E-state index contributed by atoms with van der Waals surface area (Å²) < 4.78 is 5.95. The molecule has 0 fully saturated rings. The second-order valence-electron chi connectivity index (χ2n) is 5.87. The lowest BCUT2D eigenvalue weighted by molar-refractivity contribution is 0.0989. The molecular formula is C21H15ClO2. The zero-order chi connectivity index (χ0) is 16.5. The minimum atomic E-state index is 0.0995. The van der Waals surface area contributed by atoms with E-state index >= 15 is 0 Å². The molecule has 2 nitrogen and oxygen atoms in total. The Morgan fingerprint density at radius 1 is 0.875 bits per heavy atom. The summed E-state index contributed by atoms with van der Waals surface area (Å²) in [5.41, 5.74) is 2.90. The van der Waals surface area contributed by atoms with Crippen molar-refractivity contribution in [3.05, 3.63) is 94.5 Å². The van der Waals surface area contributed by atoms with E-state index in [1.165, 1.54) is 0 Å². The summed E-state index contributed by atoms with van der Waals surface area (Å²) in [5, 5.41) is 0.654. The number of hydrogen-bond acceptors (Lipinski definition) is 2. The van der Waals surface area contributed by atoms with Gasteiger partial charge in [0.2, 0.25) is 0 Å². The predicted octanol–water partition coefficient (Wildman–Crippen LogP) is 5.85. The van der Waals surface area contributed by atoms with Crippen molar-refractivity contribution in [2.45, 2.75) is 12.3 Å². The number of Topliss-reactive ketones (excluding diaryl/α,β-unsaturated/α-hetero) is 1. The molecule has 0 amide bonds. The Hall–Kier alpha value is -2.58. The van der Waals surface area contributed by atoms with Gasteiger partial charge in [0.25, 0.3) is 0 Å². The van der Waals surface area contributed by atoms with Crippen LogP contribution >= 0.6 is 11.6 Å². The topological polar surface area (TPSA) is 26.3 Å². The quantitative estimate of drug-likeness (QED) is 0.600. The van der Waals surface area contributed by atoms with Gasteiger partial charge in [0.15, 0.2) is 5.78 Å². The number of hydrogen-bond donors (Lipinski definition) is 0. The van der Waals surface area contributed by atoms with Gasteiger partial charge < -0.3 is 4.74 Å². The number of carbonyl (C=O) groups is 1. The fourth-order valence-corrected chi connectivity index (χ4v) is 3.36. The van der Waals surface area contributed by atoms with Crippen LogP contribution < -0.4 is 4.74 Å². The summed E-state index contributed by atoms with van der Waals surface area (Å²) in [6, 6.07) is 23.1. The molecule has 0 radical (unpaired) electrons. The molecule has 0 N–H and O–H groups in total. The first-order valence-corrected chi connectivity index (χ1v) is 8.24. The average Bonchev–Trinajstić information content (AvgIpc) is 2.96. The maximum Gasteiger partial charge on any atom is 0.167 e. The Morgan fingerprint density at radius 2 is 1.62 bits per heavy atom. The van der Waals surface area contributed by atoms with Gasteiger partial charge in [-0.05, 0) is 41.5 Å². The Bertz CT molecular complexity index is 885. The second kappa shape index (κ2) is 6.14. The van der Waals surface area contributed by atoms with Crippen LogP contribution in [0, 0.1) is 0 Å². The number of ether oxygens (including phenoxy) is 1. The molecule has 4 rings (SSSR count). The Labute approximate surface area is 145 Å². The molecule has 1 atom stereocenters. The van der Waals surface area contributed by atoms with Crippen LogP contribution in [-0.4, -0.2) is 5.78 Å². The molecule has 3 aromatic carbocycles. The van der Waals surface area contributed by atoms with Crippen LogP contribution in [0.5, 0.6) is 11.5 Å². The third kappa shape index (κ3) is 2.70. The zero-order valence-corrected chi connectivity index (χ0v) is 13.7. The lowest BCUT2D eigenvalue weighted by Gasteiger charge is -2.13. The van der Waals surface area contributed by atoms with Crippen molar-refractivity contribution in [3.8, 4) is 11.5 Å². The van der Waals surface area contributed by atoms with E-state index in [9.17, 15) is 4.79 Å². The molecule has 118 valence electrons. The van der Waals surface area contributed by atoms with Crippen LogP contribution in [0.15, 0.2) is 72.8 Å². The molecule has 1 aliphatic carbocycles. The maximum absolute atomic E-state index is 12.6. The lowest BCUT2D eigenvalue weighted by Crippen LogP contribution is -1.96. The Balaban J connectivity index is 1.73. The largest absolute Gasteiger partial charge is 0.457 e. The Kier molecular flexibility index (Phi) is 3.83. The van der Waals surface area contributed by atoms with E-state index < -0.39 is 0 Å². The third-order valence-corrected chi connectivity index (χ3v) is 4.60. The number of carbonyl (C=O) groups excluding carboxylic acids is 1. The summed E-state index contributed by atoms with van der Waals surface area (Å²) in [4.78, 5) is 12.6. The highest BCUT2D eigenvalue weighted by Gasteiger charge is 2.33. The van der Waals surface area contributed by atoms with Crippen LogP contribution in [-0.2, 0) is 0 Å². The molecule has 3 heteroatoms. The van der Waals surface area contributed by atoms with E-state index in [1.807, 2.05) is 36.4 Å². The second-order valence-corrected chi connectivity index (χ2v) is 6.30. The van der Waals surface area contributed by atoms with Gasteiger partial charge in [-0.2, -0.15) is 0 Å². The van der Waals surface area contributed by atoms with Gasteiger partial charge >= 0.3 is 0 Å². The van der Waals surface area contributed by atoms with Crippen molar-refractivity contribution >= 4 is 17.4 Å². The van der Waals surface area contributed by atoms with Crippen molar-refractivity contribution in [1.29, 1.82) is 0 Å². The van der Waals surface area contributed by atoms with Crippen molar-refractivity contribution in [2.24, 2.45) is 0 Å². The van der Waals surface area contributed by atoms with E-state index in [-0.39, 0.29) is 11.7 Å². The summed E-state index contributed by atoms with van der Waals surface area (Å²) in [7, 11) is 0. The van der Waals surface area contributed by atoms with E-state index in [0.29, 0.717) is 28.5 Å². The number of rotatable bonds is 3. The number of fused-ring (bicyclic) bond motifs is 1. The molecule has 0 spiro atoms. The highest BCUT2D eigenvalue weighted by Crippen LogP contribution is 2.42. The van der Waals surface area contributed by atoms with Crippen LogP contribution in [0.1, 0.15) is 33.8 Å². The fraction of sp³-hybridized carbons (Fsp3) is 0.0952. The molecule has 24 heavy (non-hydrogen) atoms. The summed E-state index contributed by atoms with van der Waals surface area (Å²) in [5.74, 6) is 1.51. The highest BCUT2D eigenvalue weighted by molar-refractivity contribution is 6.30. The smallest absolute Gasteiger partial charge is 0.167 e. The van der Waals surface area contributed by atoms with E-state index in [0.717, 1.165) is 11.1 Å². The molecule has 1 aliphatic rings. The summed E-state index contributed by atoms with van der Waals surface area (Å²) >= 11 is 5.91. The fourth-order valence-electron chi connectivity index (χ4n) is 3.23. The highest BCUT2D eigenvalue weighted by atomic mass is 35.5. The summed E-state index contributed by atoms with van der Waals surface area (Å²) in [6.45, 7) is 0. The zero-order valence-electron chi connectivity index (χ0n) is 12.9. The molecule has 0 heterocycles. The molecule has 0 aromatic heterocycles. The van der Waals surface area contributed by atoms with Crippen molar-refractivity contribution in [3.63, 3.8) is 0 Å². The van der Waals surface area contributed by atoms with Gasteiger partial charge in [0.05, 0.1) is 5.56 Å². The first kappa shape index (κ1) is 15.0. The molecular weight excluding hydrogens is 320 g/mol. The Morgan fingerprint density at radius 3 is 2.38 bits per heavy atom. The predicted molar refractivity (Wildman–Crippen MR) is 95.2 cm³/mol. The SMILES string of the molecule is O=C1C[C@@H](c2ccccc2)c2cccc(Oc3ccc(Cl)cc3)c21. The molecule has 0 unspecified atom stereocenters. The molecule has 0 saturated heterocycles. The average molecular weight is 335 g/mol. The van der Waals surface area contributed by atoms with Gasteiger partial charge in [0.1, 0.15) is 11.5 Å². The standard InChI is InChI=1S/C21H15ClO2/c22-15-9-11-16(12-10-15)24-20-8-4-7-17-18(13-19(23)21(17)20)14-5-2-1-3-6-14/h1-12,18H,13H2/t18-/m0/s1. The minimum absolute atomic E-state index is 0.0995. The normalized spacial score (nSPS) is 16.0. The molecule has 0 aliphatic heterocycles. The number of halogens is 1. The number of benzene rings is 3. The van der Waals surface area contributed by atoms with Crippen LogP contribution in [0.3, 0.4) is 0 Å². The van der Waals surface area contributed by atoms with Crippen LogP contribution in [0.25, 0.3) is 0 Å². The minimum Gasteiger partial charge on any atom is -0.457 e. The summed E-state index contributed by atoms with van der Waals surface area (Å²) in [6.07, 6.45) is 0.486. The molecule has 0 saturated carbocycles. The molecule has 3 aromatic rings. The first-order valence-electron chi connectivity index (χ1n) is 7.87. The molecule has 0 bridgehead atoms. The van der Waals surface area contributed by atoms with Crippen molar-refractivity contribution in [1.82, 2.24) is 0 Å². The van der Waals surface area contributed by atoms with Crippen LogP contribution in [0.2, 0.25) is 5.02 Å².